The Morgan fingerprint density at radius 1 is 0.241 bits per heavy atom. The molecule has 6 N–H and O–H groups in total. The summed E-state index contributed by atoms with van der Waals surface area (Å²) in [5, 5.41) is 0. The maximum Gasteiger partial charge on any atom is -0.00773 e. The molecule has 0 aromatic carbocycles. The van der Waals surface area contributed by atoms with Crippen LogP contribution in [-0.4, -0.2) is 19.6 Å². The molecule has 3 nitrogen and oxygen atoms in total. The van der Waals surface area contributed by atoms with Crippen LogP contribution >= 0.6 is 0 Å². The molecule has 0 saturated carbocycles. The molecule has 0 spiro atoms. The van der Waals surface area contributed by atoms with Gasteiger partial charge in [-0.25, -0.2) is 0 Å². The van der Waals surface area contributed by atoms with E-state index in [1.165, 1.54) is 231 Å². The van der Waals surface area contributed by atoms with E-state index in [1.807, 2.05) is 0 Å². The van der Waals surface area contributed by atoms with Crippen molar-refractivity contribution in [2.75, 3.05) is 19.6 Å². The summed E-state index contributed by atoms with van der Waals surface area (Å²) in [6.07, 6.45) is 53.2. The molecule has 0 bridgehead atoms. The van der Waals surface area contributed by atoms with Crippen molar-refractivity contribution in [3.63, 3.8) is 0 Å². The third-order valence-electron chi connectivity index (χ3n) is 11.5. The van der Waals surface area contributed by atoms with Crippen molar-refractivity contribution in [1.82, 2.24) is 0 Å². The van der Waals surface area contributed by atoms with E-state index in [4.69, 9.17) is 17.2 Å². The molecule has 0 amide bonds. The highest BCUT2D eigenvalue weighted by molar-refractivity contribution is 4.59. The summed E-state index contributed by atoms with van der Waals surface area (Å²) in [4.78, 5) is 0. The Balaban J connectivity index is -0.000000724. The van der Waals surface area contributed by atoms with Crippen LogP contribution in [0.15, 0.2) is 0 Å². The summed E-state index contributed by atoms with van der Waals surface area (Å²) in [6.45, 7) is 21.5. The molecular weight excluding hydrogens is 655 g/mol. The van der Waals surface area contributed by atoms with E-state index in [2.05, 4.69) is 41.5 Å². The largest absolute Gasteiger partial charge is 0.330 e. The van der Waals surface area contributed by atoms with Gasteiger partial charge < -0.3 is 17.2 Å². The number of unbranched alkanes of at least 4 members (excludes halogenated alkanes) is 27. The summed E-state index contributed by atoms with van der Waals surface area (Å²) in [5.74, 6) is 2.81. The SMILES string of the molecule is CC(CCCCCCCN)CCCCCCCCN.[CH2]CCCCCCC(C)CCCCCCCCN.[CH2]CCCCCCCC(C)CCCCCC[CH2]. The lowest BCUT2D eigenvalue weighted by atomic mass is 9.96. The molecule has 0 aliphatic carbocycles. The topological polar surface area (TPSA) is 78.1 Å². The molecule has 0 rings (SSSR count). The number of hydrogen-bond acceptors (Lipinski definition) is 3. The highest BCUT2D eigenvalue weighted by atomic mass is 14.5. The average molecular weight is 763 g/mol. The van der Waals surface area contributed by atoms with Crippen molar-refractivity contribution in [2.24, 2.45) is 35.0 Å². The fraction of sp³-hybridized carbons (Fsp3) is 0.941. The highest BCUT2D eigenvalue weighted by Gasteiger charge is 2.04. The Morgan fingerprint density at radius 3 is 0.556 bits per heavy atom. The minimum Gasteiger partial charge on any atom is -0.330 e. The standard InChI is InChI=1S/C17H38N2.C17H36N.C17H34/c1-17(14-10-6-4-8-12-16-19)13-9-5-2-3-7-11-15-18;1-3-4-5-8-11-14-17(2)15-12-9-6-7-10-13-16-18;1-4-6-8-10-12-14-16-17(3)15-13-11-9-7-5-2/h17H,2-16,18-19H2,1H3;17H,1,3-16,18H2,2H3;17H,1-2,4-16H2,3H3. The predicted molar refractivity (Wildman–Crippen MR) is 251 cm³/mol. The van der Waals surface area contributed by atoms with Crippen molar-refractivity contribution >= 4 is 0 Å². The van der Waals surface area contributed by atoms with E-state index in [0.717, 1.165) is 56.7 Å². The molecule has 0 aliphatic heterocycles. The molecule has 3 radical (unpaired) electrons. The van der Waals surface area contributed by atoms with Crippen LogP contribution in [0.2, 0.25) is 0 Å². The van der Waals surface area contributed by atoms with E-state index in [0.29, 0.717) is 0 Å². The molecule has 327 valence electrons. The number of nitrogens with two attached hydrogens (primary N) is 3. The number of rotatable bonds is 42. The molecule has 3 unspecified atom stereocenters. The molecule has 0 aromatic rings. The molecule has 0 heterocycles. The number of hydrogen-bond donors (Lipinski definition) is 3. The molecule has 3 heteroatoms. The molecule has 0 saturated heterocycles. The van der Waals surface area contributed by atoms with Crippen LogP contribution in [-0.2, 0) is 0 Å². The third kappa shape index (κ3) is 58.6. The van der Waals surface area contributed by atoms with Crippen molar-refractivity contribution in [2.45, 2.75) is 271 Å². The van der Waals surface area contributed by atoms with Gasteiger partial charge in [0, 0.05) is 0 Å². The zero-order valence-electron chi connectivity index (χ0n) is 38.3. The quantitative estimate of drug-likeness (QED) is 0.0542. The summed E-state index contributed by atoms with van der Waals surface area (Å²) < 4.78 is 0. The van der Waals surface area contributed by atoms with Gasteiger partial charge >= 0.3 is 0 Å². The zero-order valence-corrected chi connectivity index (χ0v) is 38.3. The lowest BCUT2D eigenvalue weighted by molar-refractivity contribution is 0.432. The lowest BCUT2D eigenvalue weighted by Crippen LogP contribution is -1.98. The summed E-state index contributed by atoms with van der Waals surface area (Å²) in [7, 11) is 0. The lowest BCUT2D eigenvalue weighted by Gasteiger charge is -2.11. The van der Waals surface area contributed by atoms with E-state index in [1.54, 1.807) is 0 Å². The van der Waals surface area contributed by atoms with Gasteiger partial charge in [-0.3, -0.25) is 0 Å². The minimum atomic E-state index is 0.863. The highest BCUT2D eigenvalue weighted by Crippen LogP contribution is 2.20. The van der Waals surface area contributed by atoms with Crippen LogP contribution in [0.1, 0.15) is 271 Å². The van der Waals surface area contributed by atoms with E-state index >= 15 is 0 Å². The average Bonchev–Trinajstić information content (AvgIpc) is 3.17. The van der Waals surface area contributed by atoms with Crippen molar-refractivity contribution < 1.29 is 0 Å². The van der Waals surface area contributed by atoms with Crippen LogP contribution < -0.4 is 17.2 Å². The molecule has 0 fully saturated rings. The van der Waals surface area contributed by atoms with Crippen molar-refractivity contribution in [3.8, 4) is 0 Å². The van der Waals surface area contributed by atoms with Crippen LogP contribution in [0.4, 0.5) is 0 Å². The fourth-order valence-corrected chi connectivity index (χ4v) is 7.54. The fourth-order valence-electron chi connectivity index (χ4n) is 7.54. The first-order valence-electron chi connectivity index (χ1n) is 24.9. The first kappa shape index (κ1) is 58.2. The monoisotopic (exact) mass is 763 g/mol. The predicted octanol–water partition coefficient (Wildman–Crippen LogP) is 16.5. The van der Waals surface area contributed by atoms with Gasteiger partial charge in [0.15, 0.2) is 0 Å². The van der Waals surface area contributed by atoms with Gasteiger partial charge in [0.2, 0.25) is 0 Å². The van der Waals surface area contributed by atoms with Gasteiger partial charge in [0.05, 0.1) is 0 Å². The smallest absolute Gasteiger partial charge is 0.00773 e. The Kier molecular flexibility index (Phi) is 59.3. The Labute approximate surface area is 345 Å². The first-order chi connectivity index (χ1) is 26.4. The molecule has 3 atom stereocenters. The second-order valence-corrected chi connectivity index (χ2v) is 17.6. The van der Waals surface area contributed by atoms with E-state index < -0.39 is 0 Å². The molecular formula is C51H108N3. The van der Waals surface area contributed by atoms with Gasteiger partial charge in [-0.15, -0.1) is 0 Å². The molecule has 0 aromatic heterocycles. The van der Waals surface area contributed by atoms with Crippen LogP contribution in [0.25, 0.3) is 0 Å². The summed E-state index contributed by atoms with van der Waals surface area (Å²) in [5.41, 5.74) is 16.5. The first-order valence-corrected chi connectivity index (χ1v) is 24.9. The van der Waals surface area contributed by atoms with Gasteiger partial charge in [0.25, 0.3) is 0 Å². The van der Waals surface area contributed by atoms with Gasteiger partial charge in [-0.05, 0) is 56.7 Å². The third-order valence-corrected chi connectivity index (χ3v) is 11.5. The van der Waals surface area contributed by atoms with Crippen molar-refractivity contribution in [1.29, 1.82) is 0 Å². The van der Waals surface area contributed by atoms with Crippen molar-refractivity contribution in [3.05, 3.63) is 20.8 Å². The Bertz CT molecular complexity index is 595. The summed E-state index contributed by atoms with van der Waals surface area (Å²) >= 11 is 0. The summed E-state index contributed by atoms with van der Waals surface area (Å²) in [6, 6.07) is 0. The Hall–Kier alpha value is -0.120. The van der Waals surface area contributed by atoms with Gasteiger partial charge in [0.1, 0.15) is 0 Å². The minimum absolute atomic E-state index is 0.863. The second-order valence-electron chi connectivity index (χ2n) is 17.6. The zero-order chi connectivity index (χ0) is 40.4. The van der Waals surface area contributed by atoms with E-state index in [-0.39, 0.29) is 0 Å². The normalized spacial score (nSPS) is 12.8. The van der Waals surface area contributed by atoms with Crippen LogP contribution in [0, 0.1) is 38.5 Å². The molecule has 0 aliphatic rings. The van der Waals surface area contributed by atoms with Gasteiger partial charge in [-0.2, -0.15) is 0 Å². The van der Waals surface area contributed by atoms with Crippen LogP contribution in [0.3, 0.4) is 0 Å². The van der Waals surface area contributed by atoms with E-state index in [9.17, 15) is 0 Å². The maximum atomic E-state index is 5.49. The molecule has 54 heavy (non-hydrogen) atoms. The Morgan fingerprint density at radius 2 is 0.389 bits per heavy atom. The maximum absolute atomic E-state index is 5.49. The van der Waals surface area contributed by atoms with Crippen LogP contribution in [0.5, 0.6) is 0 Å². The van der Waals surface area contributed by atoms with Gasteiger partial charge in [-0.1, -0.05) is 273 Å². The second kappa shape index (κ2) is 55.0.